The molecule has 1 N–H and O–H groups in total. The molecule has 0 aliphatic carbocycles. The summed E-state index contributed by atoms with van der Waals surface area (Å²) in [6, 6.07) is 0.366. The summed E-state index contributed by atoms with van der Waals surface area (Å²) in [4.78, 5) is 48.5. The number of aromatic nitrogens is 2. The maximum atomic E-state index is 13.4. The summed E-state index contributed by atoms with van der Waals surface area (Å²) in [6.07, 6.45) is 6.00. The molecular weight excluding hydrogens is 410 g/mol. The van der Waals surface area contributed by atoms with E-state index in [1.54, 1.807) is 23.6 Å². The van der Waals surface area contributed by atoms with Gasteiger partial charge in [0.05, 0.1) is 12.7 Å². The highest BCUT2D eigenvalue weighted by Crippen LogP contribution is 2.39. The summed E-state index contributed by atoms with van der Waals surface area (Å²) in [5.74, 6) is 0.179. The van der Waals surface area contributed by atoms with Crippen molar-refractivity contribution >= 4 is 35.8 Å². The molecule has 3 amide bonds. The van der Waals surface area contributed by atoms with Crippen LogP contribution in [0, 0.1) is 5.92 Å². The molecule has 4 heterocycles. The van der Waals surface area contributed by atoms with Gasteiger partial charge >= 0.3 is 6.03 Å². The Hall–Kier alpha value is -2.95. The fourth-order valence-electron chi connectivity index (χ4n) is 3.93. The van der Waals surface area contributed by atoms with Gasteiger partial charge in [-0.05, 0) is 18.8 Å². The van der Waals surface area contributed by atoms with Gasteiger partial charge in [0.1, 0.15) is 16.8 Å². The first-order chi connectivity index (χ1) is 14.4. The maximum Gasteiger partial charge on any atom is 0.328 e. The molecule has 2 aromatic heterocycles. The average Bonchev–Trinajstić information content (AvgIpc) is 3.46. The number of oxazole rings is 1. The van der Waals surface area contributed by atoms with Crippen LogP contribution in [-0.2, 0) is 16.1 Å². The van der Waals surface area contributed by atoms with E-state index in [9.17, 15) is 9.59 Å². The molecule has 2 fully saturated rings. The van der Waals surface area contributed by atoms with Crippen molar-refractivity contribution in [2.75, 3.05) is 24.5 Å². The number of carboxylic acid groups (broad SMARTS) is 1. The number of imide groups is 1. The van der Waals surface area contributed by atoms with Gasteiger partial charge < -0.3 is 19.3 Å². The zero-order valence-electron chi connectivity index (χ0n) is 16.9. The van der Waals surface area contributed by atoms with Crippen molar-refractivity contribution < 1.29 is 23.9 Å². The minimum atomic E-state index is -0.776. The van der Waals surface area contributed by atoms with Crippen LogP contribution in [0.1, 0.15) is 31.7 Å². The number of amides is 3. The van der Waals surface area contributed by atoms with Crippen molar-refractivity contribution in [1.29, 1.82) is 0 Å². The van der Waals surface area contributed by atoms with Crippen LogP contribution in [-0.4, -0.2) is 68.5 Å². The number of urea groups is 1. The van der Waals surface area contributed by atoms with Crippen LogP contribution in [0.2, 0.25) is 0 Å². The van der Waals surface area contributed by atoms with Crippen LogP contribution in [0.15, 0.2) is 28.5 Å². The zero-order valence-corrected chi connectivity index (χ0v) is 17.7. The van der Waals surface area contributed by atoms with E-state index in [-0.39, 0.29) is 30.9 Å². The van der Waals surface area contributed by atoms with E-state index in [4.69, 9.17) is 14.3 Å². The molecule has 4 rings (SSSR count). The molecule has 0 unspecified atom stereocenters. The van der Waals surface area contributed by atoms with Crippen LogP contribution in [0.25, 0.3) is 0 Å². The van der Waals surface area contributed by atoms with Gasteiger partial charge in [-0.25, -0.2) is 14.8 Å². The molecule has 1 spiro atoms. The number of hydrogen-bond donors (Lipinski definition) is 1. The van der Waals surface area contributed by atoms with Crippen molar-refractivity contribution in [3.05, 3.63) is 29.0 Å². The van der Waals surface area contributed by atoms with Crippen molar-refractivity contribution in [1.82, 2.24) is 19.8 Å². The molecule has 2 saturated heterocycles. The molecule has 0 bridgehead atoms. The number of carbonyl (C=O) groups is 3. The SMILES string of the molecule is CC(C)CN1C(=O)N(Cc2nccs2)C(=O)C12CCN(c1ncco1)CC2.O=CO. The molecule has 0 atom stereocenters. The first-order valence-corrected chi connectivity index (χ1v) is 10.5. The summed E-state index contributed by atoms with van der Waals surface area (Å²) in [5.41, 5.74) is -0.776. The van der Waals surface area contributed by atoms with E-state index in [1.165, 1.54) is 16.2 Å². The second-order valence-corrected chi connectivity index (χ2v) is 8.52. The van der Waals surface area contributed by atoms with Crippen molar-refractivity contribution in [3.8, 4) is 0 Å². The lowest BCUT2D eigenvalue weighted by molar-refractivity contribution is -0.134. The third-order valence-electron chi connectivity index (χ3n) is 5.23. The summed E-state index contributed by atoms with van der Waals surface area (Å²) in [7, 11) is 0. The molecule has 0 aromatic carbocycles. The third kappa shape index (κ3) is 4.16. The molecule has 0 saturated carbocycles. The smallest absolute Gasteiger partial charge is 0.328 e. The highest BCUT2D eigenvalue weighted by molar-refractivity contribution is 7.09. The predicted molar refractivity (Wildman–Crippen MR) is 109 cm³/mol. The Bertz CT molecular complexity index is 847. The molecule has 2 aliphatic rings. The monoisotopic (exact) mass is 435 g/mol. The highest BCUT2D eigenvalue weighted by atomic mass is 32.1. The first-order valence-electron chi connectivity index (χ1n) is 9.67. The Morgan fingerprint density at radius 3 is 2.50 bits per heavy atom. The van der Waals surface area contributed by atoms with Crippen LogP contribution >= 0.6 is 11.3 Å². The number of nitrogens with zero attached hydrogens (tertiary/aromatic N) is 5. The van der Waals surface area contributed by atoms with Gasteiger partial charge in [-0.2, -0.15) is 0 Å². The Morgan fingerprint density at radius 1 is 1.27 bits per heavy atom. The van der Waals surface area contributed by atoms with E-state index in [0.29, 0.717) is 38.5 Å². The van der Waals surface area contributed by atoms with Crippen LogP contribution in [0.5, 0.6) is 0 Å². The van der Waals surface area contributed by atoms with Gasteiger partial charge in [-0.3, -0.25) is 14.5 Å². The van der Waals surface area contributed by atoms with Gasteiger partial charge in [0.15, 0.2) is 0 Å². The molecule has 30 heavy (non-hydrogen) atoms. The van der Waals surface area contributed by atoms with Crippen molar-refractivity contribution in [3.63, 3.8) is 0 Å². The molecule has 162 valence electrons. The fourth-order valence-corrected chi connectivity index (χ4v) is 4.53. The Morgan fingerprint density at radius 2 is 1.97 bits per heavy atom. The first kappa shape index (κ1) is 21.8. The van der Waals surface area contributed by atoms with Gasteiger partial charge in [0.2, 0.25) is 0 Å². The predicted octanol–water partition coefficient (Wildman–Crippen LogP) is 2.29. The van der Waals surface area contributed by atoms with Crippen LogP contribution in [0.3, 0.4) is 0 Å². The summed E-state index contributed by atoms with van der Waals surface area (Å²) < 4.78 is 5.39. The number of hydrogen-bond acceptors (Lipinski definition) is 8. The minimum absolute atomic E-state index is 0.101. The van der Waals surface area contributed by atoms with E-state index < -0.39 is 5.54 Å². The number of rotatable bonds is 5. The lowest BCUT2D eigenvalue weighted by Crippen LogP contribution is -2.57. The largest absolute Gasteiger partial charge is 0.483 e. The van der Waals surface area contributed by atoms with Crippen molar-refractivity contribution in [2.24, 2.45) is 5.92 Å². The van der Waals surface area contributed by atoms with E-state index >= 15 is 0 Å². The van der Waals surface area contributed by atoms with E-state index in [2.05, 4.69) is 23.8 Å². The van der Waals surface area contributed by atoms with Gasteiger partial charge in [0.25, 0.3) is 18.4 Å². The van der Waals surface area contributed by atoms with Gasteiger partial charge in [0, 0.05) is 31.2 Å². The maximum absolute atomic E-state index is 13.4. The standard InChI is InChI=1S/C18H23N5O3S.CH2O2/c1-13(2)11-23-17(25)22(12-14-19-6-10-27-14)15(24)18(23)3-7-21(8-4-18)16-20-5-9-26-16;2-1-3/h5-6,9-10,13H,3-4,7-8,11-12H2,1-2H3;1H,(H,2,3). The highest BCUT2D eigenvalue weighted by Gasteiger charge is 2.58. The quantitative estimate of drug-likeness (QED) is 0.561. The lowest BCUT2D eigenvalue weighted by Gasteiger charge is -2.42. The number of carbonyl (C=O) groups excluding carboxylic acids is 2. The number of anilines is 1. The number of thiazole rings is 1. The molecule has 0 radical (unpaired) electrons. The molecule has 11 heteroatoms. The topological polar surface area (TPSA) is 120 Å². The van der Waals surface area contributed by atoms with Crippen LogP contribution < -0.4 is 4.90 Å². The Kier molecular flexibility index (Phi) is 6.70. The average molecular weight is 436 g/mol. The molecular formula is C19H25N5O5S. The third-order valence-corrected chi connectivity index (χ3v) is 5.99. The van der Waals surface area contributed by atoms with Gasteiger partial charge in [-0.1, -0.05) is 13.8 Å². The van der Waals surface area contributed by atoms with Gasteiger partial charge in [-0.15, -0.1) is 11.3 Å². The zero-order chi connectivity index (χ0) is 21.7. The normalized spacial score (nSPS) is 18.2. The van der Waals surface area contributed by atoms with E-state index in [1.807, 2.05) is 10.3 Å². The second kappa shape index (κ2) is 9.24. The lowest BCUT2D eigenvalue weighted by atomic mass is 9.85. The van der Waals surface area contributed by atoms with Crippen molar-refractivity contribution in [2.45, 2.75) is 38.8 Å². The van der Waals surface area contributed by atoms with E-state index in [0.717, 1.165) is 5.01 Å². The molecule has 2 aliphatic heterocycles. The Labute approximate surface area is 178 Å². The second-order valence-electron chi connectivity index (χ2n) is 7.54. The summed E-state index contributed by atoms with van der Waals surface area (Å²) in [5, 5.41) is 9.52. The van der Waals surface area contributed by atoms with Crippen LogP contribution in [0.4, 0.5) is 10.8 Å². The molecule has 2 aromatic rings. The summed E-state index contributed by atoms with van der Waals surface area (Å²) in [6.45, 7) is 5.94. The molecule has 10 nitrogen and oxygen atoms in total. The Balaban J connectivity index is 0.000000806. The minimum Gasteiger partial charge on any atom is -0.483 e. The number of piperidine rings is 1. The summed E-state index contributed by atoms with van der Waals surface area (Å²) >= 11 is 1.46. The fraction of sp³-hybridized carbons (Fsp3) is 0.526.